The number of halogens is 2. The summed E-state index contributed by atoms with van der Waals surface area (Å²) in [6, 6.07) is 5.68. The van der Waals surface area contributed by atoms with E-state index >= 15 is 0 Å². The minimum absolute atomic E-state index is 0. The lowest BCUT2D eigenvalue weighted by Crippen LogP contribution is -1.93. The van der Waals surface area contributed by atoms with Gasteiger partial charge in [0.15, 0.2) is 0 Å². The molecule has 0 saturated heterocycles. The predicted molar refractivity (Wildman–Crippen MR) is 59.8 cm³/mol. The summed E-state index contributed by atoms with van der Waals surface area (Å²) in [6.45, 7) is 0.497. The van der Waals surface area contributed by atoms with Gasteiger partial charge in [-0.1, -0.05) is 11.6 Å². The van der Waals surface area contributed by atoms with Gasteiger partial charge in [0.1, 0.15) is 5.01 Å². The molecule has 1 aromatic heterocycles. The maximum Gasteiger partial charge on any atom is 0.107 e. The van der Waals surface area contributed by atoms with Crippen LogP contribution in [0.5, 0.6) is 0 Å². The fourth-order valence-corrected chi connectivity index (χ4v) is 2.03. The van der Waals surface area contributed by atoms with Crippen LogP contribution in [0.2, 0.25) is 5.02 Å². The van der Waals surface area contributed by atoms with E-state index in [1.807, 2.05) is 18.2 Å². The van der Waals surface area contributed by atoms with Crippen molar-refractivity contribution in [1.29, 1.82) is 0 Å². The Labute approximate surface area is 91.1 Å². The zero-order chi connectivity index (χ0) is 8.55. The highest BCUT2D eigenvalue weighted by Gasteiger charge is 2.01. The second kappa shape index (κ2) is 4.24. The minimum Gasteiger partial charge on any atom is -0.325 e. The van der Waals surface area contributed by atoms with Gasteiger partial charge in [0.05, 0.1) is 10.2 Å². The van der Waals surface area contributed by atoms with E-state index in [-0.39, 0.29) is 12.4 Å². The van der Waals surface area contributed by atoms with Crippen molar-refractivity contribution in [3.63, 3.8) is 0 Å². The smallest absolute Gasteiger partial charge is 0.107 e. The second-order valence-electron chi connectivity index (χ2n) is 2.42. The molecular weight excluding hydrogens is 227 g/mol. The van der Waals surface area contributed by atoms with Crippen molar-refractivity contribution in [2.75, 3.05) is 0 Å². The fraction of sp³-hybridized carbons (Fsp3) is 0.125. The molecule has 70 valence electrons. The monoisotopic (exact) mass is 234 g/mol. The van der Waals surface area contributed by atoms with Crippen LogP contribution in [0.3, 0.4) is 0 Å². The zero-order valence-corrected chi connectivity index (χ0v) is 9.05. The highest BCUT2D eigenvalue weighted by Crippen LogP contribution is 2.24. The van der Waals surface area contributed by atoms with Crippen molar-refractivity contribution in [3.05, 3.63) is 28.2 Å². The van der Waals surface area contributed by atoms with Gasteiger partial charge in [-0.05, 0) is 18.2 Å². The second-order valence-corrected chi connectivity index (χ2v) is 3.98. The molecule has 0 unspecified atom stereocenters. The lowest BCUT2D eigenvalue weighted by Gasteiger charge is -1.86. The van der Waals surface area contributed by atoms with Gasteiger partial charge in [0.2, 0.25) is 0 Å². The normalized spacial score (nSPS) is 10.0. The van der Waals surface area contributed by atoms with Crippen molar-refractivity contribution in [1.82, 2.24) is 4.98 Å². The number of aromatic nitrogens is 1. The van der Waals surface area contributed by atoms with E-state index in [9.17, 15) is 0 Å². The summed E-state index contributed by atoms with van der Waals surface area (Å²) in [7, 11) is 0. The average molecular weight is 235 g/mol. The number of hydrogen-bond acceptors (Lipinski definition) is 3. The summed E-state index contributed by atoms with van der Waals surface area (Å²) >= 11 is 7.42. The predicted octanol–water partition coefficient (Wildman–Crippen LogP) is 2.83. The van der Waals surface area contributed by atoms with Crippen LogP contribution in [0.15, 0.2) is 18.2 Å². The first-order chi connectivity index (χ1) is 5.79. The van der Waals surface area contributed by atoms with E-state index in [1.54, 1.807) is 11.3 Å². The van der Waals surface area contributed by atoms with Crippen LogP contribution in [0, 0.1) is 0 Å². The first kappa shape index (κ1) is 10.7. The van der Waals surface area contributed by atoms with E-state index in [1.165, 1.54) is 0 Å². The van der Waals surface area contributed by atoms with Gasteiger partial charge in [-0.3, -0.25) is 0 Å². The molecule has 13 heavy (non-hydrogen) atoms. The van der Waals surface area contributed by atoms with Crippen LogP contribution in [-0.4, -0.2) is 4.98 Å². The lowest BCUT2D eigenvalue weighted by atomic mass is 10.3. The Morgan fingerprint density at radius 2 is 2.23 bits per heavy atom. The summed E-state index contributed by atoms with van der Waals surface area (Å²) in [5, 5.41) is 1.67. The molecule has 0 aliphatic carbocycles. The molecule has 0 radical (unpaired) electrons. The van der Waals surface area contributed by atoms with Crippen molar-refractivity contribution < 1.29 is 0 Å². The maximum atomic E-state index is 5.80. The minimum atomic E-state index is 0. The van der Waals surface area contributed by atoms with Crippen molar-refractivity contribution in [3.8, 4) is 0 Å². The number of benzene rings is 1. The van der Waals surface area contributed by atoms with Crippen molar-refractivity contribution in [2.24, 2.45) is 5.73 Å². The number of thiazole rings is 1. The number of fused-ring (bicyclic) bond motifs is 1. The van der Waals surface area contributed by atoms with Gasteiger partial charge in [0.25, 0.3) is 0 Å². The molecule has 2 N–H and O–H groups in total. The molecule has 2 aromatic rings. The largest absolute Gasteiger partial charge is 0.325 e. The molecule has 1 aromatic carbocycles. The highest BCUT2D eigenvalue weighted by atomic mass is 35.5. The molecule has 0 spiro atoms. The van der Waals surface area contributed by atoms with Gasteiger partial charge in [0, 0.05) is 11.6 Å². The molecule has 0 bridgehead atoms. The third-order valence-electron chi connectivity index (χ3n) is 1.57. The quantitative estimate of drug-likeness (QED) is 0.825. The zero-order valence-electron chi connectivity index (χ0n) is 6.66. The van der Waals surface area contributed by atoms with Gasteiger partial charge < -0.3 is 5.73 Å². The van der Waals surface area contributed by atoms with Crippen LogP contribution < -0.4 is 5.73 Å². The summed E-state index contributed by atoms with van der Waals surface area (Å²) in [4.78, 5) is 4.30. The molecule has 0 aliphatic heterocycles. The molecule has 0 fully saturated rings. The van der Waals surface area contributed by atoms with Gasteiger partial charge in [-0.2, -0.15) is 0 Å². The van der Waals surface area contributed by atoms with Gasteiger partial charge in [-0.25, -0.2) is 4.98 Å². The lowest BCUT2D eigenvalue weighted by molar-refractivity contribution is 1.05. The number of nitrogens with two attached hydrogens (primary N) is 1. The van der Waals surface area contributed by atoms with Crippen molar-refractivity contribution >= 4 is 45.6 Å². The third kappa shape index (κ3) is 2.11. The molecule has 1 heterocycles. The number of nitrogens with zero attached hydrogens (tertiary/aromatic N) is 1. The van der Waals surface area contributed by atoms with Crippen LogP contribution in [0.4, 0.5) is 0 Å². The Hall–Kier alpha value is -0.350. The Morgan fingerprint density at radius 3 is 2.92 bits per heavy atom. The Kier molecular flexibility index (Phi) is 3.50. The number of rotatable bonds is 1. The summed E-state index contributed by atoms with van der Waals surface area (Å²) in [5.41, 5.74) is 6.40. The van der Waals surface area contributed by atoms with E-state index in [0.29, 0.717) is 6.54 Å². The molecule has 0 atom stereocenters. The molecule has 2 nitrogen and oxygen atoms in total. The first-order valence-electron chi connectivity index (χ1n) is 3.54. The van der Waals surface area contributed by atoms with E-state index in [0.717, 1.165) is 20.2 Å². The van der Waals surface area contributed by atoms with Crippen LogP contribution in [0.25, 0.3) is 10.2 Å². The summed E-state index contributed by atoms with van der Waals surface area (Å²) in [5.74, 6) is 0. The first-order valence-corrected chi connectivity index (χ1v) is 4.74. The molecule has 0 aliphatic rings. The average Bonchev–Trinajstić information content (AvgIpc) is 2.46. The van der Waals surface area contributed by atoms with Crippen LogP contribution >= 0.6 is 35.3 Å². The van der Waals surface area contributed by atoms with Gasteiger partial charge in [-0.15, -0.1) is 23.7 Å². The van der Waals surface area contributed by atoms with Crippen LogP contribution in [-0.2, 0) is 6.54 Å². The van der Waals surface area contributed by atoms with Crippen molar-refractivity contribution in [2.45, 2.75) is 6.54 Å². The SMILES string of the molecule is Cl.NCc1nc2cc(Cl)ccc2s1. The molecule has 0 amide bonds. The van der Waals surface area contributed by atoms with Gasteiger partial charge >= 0.3 is 0 Å². The molecule has 0 saturated carbocycles. The highest BCUT2D eigenvalue weighted by molar-refractivity contribution is 7.18. The standard InChI is InChI=1S/C8H7ClN2S.ClH/c9-5-1-2-7-6(3-5)11-8(4-10)12-7;/h1-3H,4,10H2;1H. The Balaban J connectivity index is 0.000000845. The number of hydrogen-bond donors (Lipinski definition) is 1. The molecule has 2 rings (SSSR count). The third-order valence-corrected chi connectivity index (χ3v) is 2.86. The Morgan fingerprint density at radius 1 is 1.46 bits per heavy atom. The molecule has 5 heteroatoms. The fourth-order valence-electron chi connectivity index (χ4n) is 1.04. The van der Waals surface area contributed by atoms with E-state index in [2.05, 4.69) is 4.98 Å². The van der Waals surface area contributed by atoms with E-state index < -0.39 is 0 Å². The maximum absolute atomic E-state index is 5.80. The summed E-state index contributed by atoms with van der Waals surface area (Å²) < 4.78 is 1.14. The van der Waals surface area contributed by atoms with E-state index in [4.69, 9.17) is 17.3 Å². The summed E-state index contributed by atoms with van der Waals surface area (Å²) in [6.07, 6.45) is 0. The molecular formula is C8H8Cl2N2S. The van der Waals surface area contributed by atoms with Crippen LogP contribution in [0.1, 0.15) is 5.01 Å². The Bertz CT molecular complexity index is 413. The topological polar surface area (TPSA) is 38.9 Å².